The third-order valence-electron chi connectivity index (χ3n) is 4.80. The molecule has 0 bridgehead atoms. The molecule has 0 aliphatic carbocycles. The van der Waals surface area contributed by atoms with Crippen LogP contribution in [0.2, 0.25) is 0 Å². The molecule has 2 aromatic carbocycles. The predicted molar refractivity (Wildman–Crippen MR) is 106 cm³/mol. The van der Waals surface area contributed by atoms with Crippen LogP contribution in [-0.4, -0.2) is 28.9 Å². The number of hydrogen-bond acceptors (Lipinski definition) is 6. The summed E-state index contributed by atoms with van der Waals surface area (Å²) in [4.78, 5) is 29.7. The molecule has 27 heavy (non-hydrogen) atoms. The highest BCUT2D eigenvalue weighted by Crippen LogP contribution is 2.30. The average Bonchev–Trinajstić information content (AvgIpc) is 3.10. The number of piperidine rings is 1. The van der Waals surface area contributed by atoms with Crippen molar-refractivity contribution in [2.75, 3.05) is 23.3 Å². The number of carbonyl (C=O) groups is 1. The standard InChI is InChI=1S/C19H18N4O3S/c24-18(13-8-10-22(11-9-13)14-4-2-1-3-5-14)21-19-20-16-7-6-15(23(25)26)12-17(16)27-19/h1-7,12-13H,8-11H2,(H,20,21,24). The Morgan fingerprint density at radius 2 is 1.93 bits per heavy atom. The van der Waals surface area contributed by atoms with Crippen molar-refractivity contribution in [2.45, 2.75) is 12.8 Å². The van der Waals surface area contributed by atoms with Crippen LogP contribution in [0.4, 0.5) is 16.5 Å². The first-order valence-electron chi connectivity index (χ1n) is 8.76. The van der Waals surface area contributed by atoms with Gasteiger partial charge in [0.1, 0.15) is 0 Å². The minimum Gasteiger partial charge on any atom is -0.371 e. The molecule has 138 valence electrons. The van der Waals surface area contributed by atoms with Crippen molar-refractivity contribution in [2.24, 2.45) is 5.92 Å². The number of carbonyl (C=O) groups excluding carboxylic acids is 1. The maximum atomic E-state index is 12.6. The highest BCUT2D eigenvalue weighted by molar-refractivity contribution is 7.22. The van der Waals surface area contributed by atoms with Crippen molar-refractivity contribution in [1.82, 2.24) is 4.98 Å². The molecule has 7 nitrogen and oxygen atoms in total. The van der Waals surface area contributed by atoms with Gasteiger partial charge in [-0.1, -0.05) is 29.5 Å². The second-order valence-electron chi connectivity index (χ2n) is 6.51. The van der Waals surface area contributed by atoms with Crippen LogP contribution in [0, 0.1) is 16.0 Å². The molecule has 1 fully saturated rings. The Labute approximate surface area is 159 Å². The van der Waals surface area contributed by atoms with E-state index in [1.54, 1.807) is 6.07 Å². The van der Waals surface area contributed by atoms with Crippen LogP contribution in [-0.2, 0) is 4.79 Å². The zero-order chi connectivity index (χ0) is 18.8. The topological polar surface area (TPSA) is 88.4 Å². The van der Waals surface area contributed by atoms with Crippen LogP contribution in [0.5, 0.6) is 0 Å². The fourth-order valence-electron chi connectivity index (χ4n) is 3.33. The summed E-state index contributed by atoms with van der Waals surface area (Å²) in [7, 11) is 0. The van der Waals surface area contributed by atoms with E-state index < -0.39 is 4.92 Å². The summed E-state index contributed by atoms with van der Waals surface area (Å²) in [5.41, 5.74) is 1.86. The lowest BCUT2D eigenvalue weighted by Crippen LogP contribution is -2.38. The molecule has 2 heterocycles. The van der Waals surface area contributed by atoms with Gasteiger partial charge in [-0.2, -0.15) is 0 Å². The summed E-state index contributed by atoms with van der Waals surface area (Å²) in [6.07, 6.45) is 1.58. The summed E-state index contributed by atoms with van der Waals surface area (Å²) in [6, 6.07) is 14.7. The Balaban J connectivity index is 1.39. The van der Waals surface area contributed by atoms with E-state index in [1.165, 1.54) is 29.2 Å². The molecule has 8 heteroatoms. The Bertz CT molecular complexity index is 981. The molecule has 3 aromatic rings. The summed E-state index contributed by atoms with van der Waals surface area (Å²) in [6.45, 7) is 1.68. The number of nitrogens with zero attached hydrogens (tertiary/aromatic N) is 3. The van der Waals surface area contributed by atoms with Crippen molar-refractivity contribution in [3.8, 4) is 0 Å². The van der Waals surface area contributed by atoms with Gasteiger partial charge in [-0.25, -0.2) is 4.98 Å². The Hall–Kier alpha value is -3.00. The van der Waals surface area contributed by atoms with E-state index in [1.807, 2.05) is 18.2 Å². The first kappa shape index (κ1) is 17.4. The zero-order valence-electron chi connectivity index (χ0n) is 14.5. The Kier molecular flexibility index (Phi) is 4.72. The lowest BCUT2D eigenvalue weighted by molar-refractivity contribution is -0.384. The van der Waals surface area contributed by atoms with Gasteiger partial charge in [0.05, 0.1) is 15.1 Å². The number of fused-ring (bicyclic) bond motifs is 1. The summed E-state index contributed by atoms with van der Waals surface area (Å²) < 4.78 is 0.693. The lowest BCUT2D eigenvalue weighted by Gasteiger charge is -2.32. The van der Waals surface area contributed by atoms with Gasteiger partial charge in [-0.05, 0) is 31.0 Å². The van der Waals surface area contributed by atoms with Gasteiger partial charge >= 0.3 is 0 Å². The van der Waals surface area contributed by atoms with Crippen LogP contribution < -0.4 is 10.2 Å². The van der Waals surface area contributed by atoms with Crippen molar-refractivity contribution in [3.05, 3.63) is 58.6 Å². The molecule has 1 aliphatic heterocycles. The van der Waals surface area contributed by atoms with Crippen molar-refractivity contribution < 1.29 is 9.72 Å². The number of para-hydroxylation sites is 1. The third-order valence-corrected chi connectivity index (χ3v) is 5.73. The number of rotatable bonds is 4. The van der Waals surface area contributed by atoms with Crippen molar-refractivity contribution >= 4 is 44.0 Å². The highest BCUT2D eigenvalue weighted by Gasteiger charge is 2.26. The molecule has 1 aromatic heterocycles. The third kappa shape index (κ3) is 3.75. The second-order valence-corrected chi connectivity index (χ2v) is 7.54. The van der Waals surface area contributed by atoms with Crippen LogP contribution in [0.1, 0.15) is 12.8 Å². The maximum Gasteiger partial charge on any atom is 0.270 e. The summed E-state index contributed by atoms with van der Waals surface area (Å²) in [5.74, 6) is -0.0809. The average molecular weight is 382 g/mol. The van der Waals surface area contributed by atoms with E-state index in [-0.39, 0.29) is 17.5 Å². The first-order chi connectivity index (χ1) is 13.1. The number of benzene rings is 2. The van der Waals surface area contributed by atoms with Crippen LogP contribution >= 0.6 is 11.3 Å². The smallest absolute Gasteiger partial charge is 0.270 e. The second kappa shape index (κ2) is 7.32. The molecular weight excluding hydrogens is 364 g/mol. The normalized spacial score (nSPS) is 15.0. The van der Waals surface area contributed by atoms with E-state index in [0.29, 0.717) is 15.3 Å². The van der Waals surface area contributed by atoms with Gasteiger partial charge in [0.25, 0.3) is 5.69 Å². The van der Waals surface area contributed by atoms with Gasteiger partial charge in [-0.3, -0.25) is 14.9 Å². The number of non-ortho nitro benzene ring substituents is 1. The van der Waals surface area contributed by atoms with E-state index >= 15 is 0 Å². The fourth-order valence-corrected chi connectivity index (χ4v) is 4.23. The van der Waals surface area contributed by atoms with E-state index in [2.05, 4.69) is 27.3 Å². The molecule has 1 aliphatic rings. The van der Waals surface area contributed by atoms with Crippen molar-refractivity contribution in [3.63, 3.8) is 0 Å². The predicted octanol–water partition coefficient (Wildman–Crippen LogP) is 4.06. The number of nitro benzene ring substituents is 1. The van der Waals surface area contributed by atoms with Crippen LogP contribution in [0.25, 0.3) is 10.2 Å². The maximum absolute atomic E-state index is 12.6. The number of nitro groups is 1. The quantitative estimate of drug-likeness (QED) is 0.543. The van der Waals surface area contributed by atoms with Gasteiger partial charge < -0.3 is 10.2 Å². The molecule has 0 atom stereocenters. The number of amides is 1. The Morgan fingerprint density at radius 3 is 2.63 bits per heavy atom. The molecule has 0 unspecified atom stereocenters. The Morgan fingerprint density at radius 1 is 1.19 bits per heavy atom. The van der Waals surface area contributed by atoms with E-state index in [0.717, 1.165) is 25.9 Å². The highest BCUT2D eigenvalue weighted by atomic mass is 32.1. The number of hydrogen-bond donors (Lipinski definition) is 1. The largest absolute Gasteiger partial charge is 0.371 e. The molecule has 4 rings (SSSR count). The molecule has 1 N–H and O–H groups in total. The van der Waals surface area contributed by atoms with E-state index in [4.69, 9.17) is 0 Å². The first-order valence-corrected chi connectivity index (χ1v) is 9.57. The monoisotopic (exact) mass is 382 g/mol. The number of anilines is 2. The summed E-state index contributed by atoms with van der Waals surface area (Å²) >= 11 is 1.26. The van der Waals surface area contributed by atoms with Gasteiger partial charge in [0.15, 0.2) is 5.13 Å². The minimum absolute atomic E-state index is 0.0253. The number of thiazole rings is 1. The van der Waals surface area contributed by atoms with Gasteiger partial charge in [0.2, 0.25) is 5.91 Å². The molecule has 1 amide bonds. The zero-order valence-corrected chi connectivity index (χ0v) is 15.3. The number of nitrogens with one attached hydrogen (secondary N) is 1. The van der Waals surface area contributed by atoms with E-state index in [9.17, 15) is 14.9 Å². The SMILES string of the molecule is O=C(Nc1nc2ccc([N+](=O)[O-])cc2s1)C1CCN(c2ccccc2)CC1. The van der Waals surface area contributed by atoms with Gasteiger partial charge in [-0.15, -0.1) is 0 Å². The number of aromatic nitrogens is 1. The fraction of sp³-hybridized carbons (Fsp3) is 0.263. The van der Waals surface area contributed by atoms with Crippen molar-refractivity contribution in [1.29, 1.82) is 0 Å². The molecule has 0 spiro atoms. The van der Waals surface area contributed by atoms with Crippen LogP contribution in [0.15, 0.2) is 48.5 Å². The molecule has 0 radical (unpaired) electrons. The van der Waals surface area contributed by atoms with Crippen LogP contribution in [0.3, 0.4) is 0 Å². The van der Waals surface area contributed by atoms with Gasteiger partial charge in [0, 0.05) is 36.8 Å². The summed E-state index contributed by atoms with van der Waals surface area (Å²) in [5, 5.41) is 14.3. The lowest BCUT2D eigenvalue weighted by atomic mass is 9.95. The minimum atomic E-state index is -0.433. The molecule has 0 saturated carbocycles. The molecule has 1 saturated heterocycles. The molecular formula is C19H18N4O3S.